The number of nitrogens with zero attached hydrogens (tertiary/aromatic N) is 1. The predicted molar refractivity (Wildman–Crippen MR) is 65.5 cm³/mol. The van der Waals surface area contributed by atoms with E-state index in [1.54, 1.807) is 0 Å². The van der Waals surface area contributed by atoms with Crippen LogP contribution in [0.3, 0.4) is 0 Å². The summed E-state index contributed by atoms with van der Waals surface area (Å²) >= 11 is 0. The number of sulfonamides is 1. The molecular weight excluding hydrogens is 292 g/mol. The Morgan fingerprint density at radius 2 is 1.70 bits per heavy atom. The molecule has 0 unspecified atom stereocenters. The smallest absolute Gasteiger partial charge is 0.306 e. The number of hydrogen-bond donors (Lipinski definition) is 1. The Labute approximate surface area is 114 Å². The second kappa shape index (κ2) is 5.45. The van der Waals surface area contributed by atoms with Crippen molar-refractivity contribution in [2.45, 2.75) is 17.7 Å². The lowest BCUT2D eigenvalue weighted by molar-refractivity contribution is -0.142. The molecule has 0 saturated carbocycles. The van der Waals surface area contributed by atoms with E-state index in [4.69, 9.17) is 5.11 Å². The average molecular weight is 305 g/mol. The zero-order valence-corrected chi connectivity index (χ0v) is 11.2. The third-order valence-corrected chi connectivity index (χ3v) is 5.27. The van der Waals surface area contributed by atoms with Crippen molar-refractivity contribution in [2.75, 3.05) is 13.1 Å². The Balaban J connectivity index is 2.27. The van der Waals surface area contributed by atoms with Gasteiger partial charge in [0.25, 0.3) is 0 Å². The van der Waals surface area contributed by atoms with Gasteiger partial charge in [0.2, 0.25) is 10.0 Å². The molecule has 0 spiro atoms. The fourth-order valence-corrected chi connectivity index (χ4v) is 3.78. The summed E-state index contributed by atoms with van der Waals surface area (Å²) in [5.41, 5.74) is 0. The first-order valence-corrected chi connectivity index (χ1v) is 7.45. The third kappa shape index (κ3) is 2.66. The minimum Gasteiger partial charge on any atom is -0.481 e. The lowest BCUT2D eigenvalue weighted by Gasteiger charge is -2.29. The molecule has 110 valence electrons. The number of benzene rings is 1. The molecule has 0 aromatic heterocycles. The summed E-state index contributed by atoms with van der Waals surface area (Å²) < 4.78 is 52.5. The quantitative estimate of drug-likeness (QED) is 0.917. The van der Waals surface area contributed by atoms with Crippen LogP contribution >= 0.6 is 0 Å². The first-order chi connectivity index (χ1) is 9.34. The highest BCUT2D eigenvalue weighted by atomic mass is 32.2. The van der Waals surface area contributed by atoms with E-state index in [2.05, 4.69) is 0 Å². The van der Waals surface area contributed by atoms with Crippen LogP contribution in [-0.4, -0.2) is 36.9 Å². The van der Waals surface area contributed by atoms with E-state index in [1.807, 2.05) is 0 Å². The second-order valence-corrected chi connectivity index (χ2v) is 6.44. The van der Waals surface area contributed by atoms with E-state index in [9.17, 15) is 22.0 Å². The Bertz CT molecular complexity index is 604. The van der Waals surface area contributed by atoms with Crippen LogP contribution in [0.15, 0.2) is 23.1 Å². The molecule has 1 aromatic rings. The van der Waals surface area contributed by atoms with Gasteiger partial charge in [0.1, 0.15) is 11.6 Å². The normalized spacial score (nSPS) is 18.1. The molecule has 2 rings (SSSR count). The molecule has 1 aliphatic rings. The van der Waals surface area contributed by atoms with Gasteiger partial charge in [-0.3, -0.25) is 4.79 Å². The van der Waals surface area contributed by atoms with E-state index < -0.39 is 38.4 Å². The van der Waals surface area contributed by atoms with Gasteiger partial charge in [0, 0.05) is 13.1 Å². The maximum absolute atomic E-state index is 13.6. The van der Waals surface area contributed by atoms with Crippen molar-refractivity contribution in [3.05, 3.63) is 29.8 Å². The molecule has 0 atom stereocenters. The molecule has 1 heterocycles. The summed E-state index contributed by atoms with van der Waals surface area (Å²) in [6.07, 6.45) is 0.259. The first kappa shape index (κ1) is 14.9. The van der Waals surface area contributed by atoms with Crippen molar-refractivity contribution in [1.29, 1.82) is 0 Å². The average Bonchev–Trinajstić information content (AvgIpc) is 2.38. The maximum atomic E-state index is 13.6. The largest absolute Gasteiger partial charge is 0.481 e. The summed E-state index contributed by atoms with van der Waals surface area (Å²) in [4.78, 5) is 9.82. The van der Waals surface area contributed by atoms with Crippen molar-refractivity contribution < 1.29 is 27.1 Å². The van der Waals surface area contributed by atoms with Crippen molar-refractivity contribution >= 4 is 16.0 Å². The molecule has 20 heavy (non-hydrogen) atoms. The Kier molecular flexibility index (Phi) is 4.05. The molecule has 8 heteroatoms. The van der Waals surface area contributed by atoms with E-state index >= 15 is 0 Å². The molecule has 5 nitrogen and oxygen atoms in total. The zero-order chi connectivity index (χ0) is 14.9. The minimum absolute atomic E-state index is 0.0624. The van der Waals surface area contributed by atoms with Gasteiger partial charge in [0.15, 0.2) is 4.90 Å². The number of halogens is 2. The molecule has 1 saturated heterocycles. The van der Waals surface area contributed by atoms with Gasteiger partial charge in [-0.05, 0) is 25.0 Å². The number of hydrogen-bond acceptors (Lipinski definition) is 3. The van der Waals surface area contributed by atoms with Crippen molar-refractivity contribution in [3.8, 4) is 0 Å². The summed E-state index contributed by atoms with van der Waals surface area (Å²) in [5, 5.41) is 8.84. The molecule has 1 aromatic carbocycles. The fraction of sp³-hybridized carbons (Fsp3) is 0.417. The van der Waals surface area contributed by atoms with Crippen LogP contribution in [0.5, 0.6) is 0 Å². The van der Waals surface area contributed by atoms with Crippen LogP contribution in [0.25, 0.3) is 0 Å². The van der Waals surface area contributed by atoms with Crippen LogP contribution in [0, 0.1) is 17.6 Å². The van der Waals surface area contributed by atoms with Crippen molar-refractivity contribution in [1.82, 2.24) is 4.31 Å². The predicted octanol–water partition coefficient (Wildman–Crippen LogP) is 1.45. The molecule has 1 aliphatic heterocycles. The van der Waals surface area contributed by atoms with E-state index in [1.165, 1.54) is 0 Å². The van der Waals surface area contributed by atoms with Gasteiger partial charge in [0.05, 0.1) is 5.92 Å². The SMILES string of the molecule is O=C(O)C1CCN(S(=O)(=O)c2c(F)cccc2F)CC1. The van der Waals surface area contributed by atoms with E-state index in [0.717, 1.165) is 22.5 Å². The monoisotopic (exact) mass is 305 g/mol. The van der Waals surface area contributed by atoms with E-state index in [-0.39, 0.29) is 25.9 Å². The Morgan fingerprint density at radius 3 is 2.15 bits per heavy atom. The number of carboxylic acids is 1. The molecule has 0 radical (unpaired) electrons. The number of rotatable bonds is 3. The molecular formula is C12H13F2NO4S. The summed E-state index contributed by atoms with van der Waals surface area (Å²) in [7, 11) is -4.28. The molecule has 0 bridgehead atoms. The van der Waals surface area contributed by atoms with Crippen LogP contribution in [0.2, 0.25) is 0 Å². The lowest BCUT2D eigenvalue weighted by atomic mass is 9.99. The number of carbonyl (C=O) groups is 1. The highest BCUT2D eigenvalue weighted by Gasteiger charge is 2.35. The Hall–Kier alpha value is -1.54. The van der Waals surface area contributed by atoms with Crippen molar-refractivity contribution in [3.63, 3.8) is 0 Å². The summed E-state index contributed by atoms with van der Waals surface area (Å²) in [6, 6.07) is 2.83. The minimum atomic E-state index is -4.28. The standard InChI is InChI=1S/C12H13F2NO4S/c13-9-2-1-3-10(14)11(9)20(18,19)15-6-4-8(5-7-15)12(16)17/h1-3,8H,4-7H2,(H,16,17). The fourth-order valence-electron chi connectivity index (χ4n) is 2.20. The van der Waals surface area contributed by atoms with Gasteiger partial charge in [-0.1, -0.05) is 6.07 Å². The summed E-state index contributed by atoms with van der Waals surface area (Å²) in [5.74, 6) is -3.90. The van der Waals surface area contributed by atoms with Crippen LogP contribution < -0.4 is 0 Å². The van der Waals surface area contributed by atoms with Gasteiger partial charge in [-0.2, -0.15) is 4.31 Å². The molecule has 1 N–H and O–H groups in total. The molecule has 0 amide bonds. The highest BCUT2D eigenvalue weighted by molar-refractivity contribution is 7.89. The van der Waals surface area contributed by atoms with Crippen LogP contribution in [0.4, 0.5) is 8.78 Å². The van der Waals surface area contributed by atoms with Gasteiger partial charge < -0.3 is 5.11 Å². The van der Waals surface area contributed by atoms with Crippen LogP contribution in [-0.2, 0) is 14.8 Å². The van der Waals surface area contributed by atoms with Gasteiger partial charge in [-0.15, -0.1) is 0 Å². The maximum Gasteiger partial charge on any atom is 0.306 e. The van der Waals surface area contributed by atoms with Gasteiger partial charge >= 0.3 is 5.97 Å². The molecule has 1 fully saturated rings. The highest BCUT2D eigenvalue weighted by Crippen LogP contribution is 2.27. The van der Waals surface area contributed by atoms with Crippen molar-refractivity contribution in [2.24, 2.45) is 5.92 Å². The zero-order valence-electron chi connectivity index (χ0n) is 10.4. The topological polar surface area (TPSA) is 74.7 Å². The van der Waals surface area contributed by atoms with Gasteiger partial charge in [-0.25, -0.2) is 17.2 Å². The van der Waals surface area contributed by atoms with Crippen LogP contribution in [0.1, 0.15) is 12.8 Å². The van der Waals surface area contributed by atoms with E-state index in [0.29, 0.717) is 0 Å². The second-order valence-electron chi connectivity index (χ2n) is 4.57. The lowest BCUT2D eigenvalue weighted by Crippen LogP contribution is -2.40. The summed E-state index contributed by atoms with van der Waals surface area (Å²) in [6.45, 7) is -0.125. The first-order valence-electron chi connectivity index (χ1n) is 6.01. The number of carboxylic acid groups (broad SMARTS) is 1. The number of aliphatic carboxylic acids is 1. The number of piperidine rings is 1. The third-order valence-electron chi connectivity index (χ3n) is 3.32. The molecule has 0 aliphatic carbocycles. The Morgan fingerprint density at radius 1 is 1.20 bits per heavy atom.